The number of carbonyl (C=O) groups is 1. The largest absolute Gasteiger partial charge is 0.479 e. The molecule has 1 unspecified atom stereocenters. The second-order valence-electron chi connectivity index (χ2n) is 3.14. The number of hydrogen-bond donors (Lipinski definition) is 2. The van der Waals surface area contributed by atoms with Crippen molar-refractivity contribution < 1.29 is 15.0 Å². The van der Waals surface area contributed by atoms with Crippen molar-refractivity contribution in [2.75, 3.05) is 0 Å². The maximum atomic E-state index is 10.5. The summed E-state index contributed by atoms with van der Waals surface area (Å²) in [6, 6.07) is 0. The summed E-state index contributed by atoms with van der Waals surface area (Å²) in [5.74, 6) is -1.27. The number of carboxylic acids is 1. The van der Waals surface area contributed by atoms with Crippen LogP contribution in [0.4, 0.5) is 0 Å². The van der Waals surface area contributed by atoms with E-state index in [-0.39, 0.29) is 6.42 Å². The zero-order chi connectivity index (χ0) is 10.1. The molecular weight excluding hydrogens is 174 g/mol. The van der Waals surface area contributed by atoms with E-state index >= 15 is 0 Å². The number of hydrogen-bond acceptors (Lipinski definition) is 4. The maximum Gasteiger partial charge on any atom is 0.335 e. The molecule has 6 nitrogen and oxygen atoms in total. The van der Waals surface area contributed by atoms with Crippen LogP contribution >= 0.6 is 0 Å². The van der Waals surface area contributed by atoms with Gasteiger partial charge in [0.2, 0.25) is 0 Å². The van der Waals surface area contributed by atoms with Crippen molar-refractivity contribution in [3.05, 3.63) is 11.9 Å². The Bertz CT molecular complexity index is 319. The van der Waals surface area contributed by atoms with E-state index in [1.807, 2.05) is 0 Å². The normalized spacial score (nSPS) is 15.3. The molecule has 13 heavy (non-hydrogen) atoms. The van der Waals surface area contributed by atoms with Crippen molar-refractivity contribution in [3.63, 3.8) is 0 Å². The highest BCUT2D eigenvalue weighted by molar-refractivity contribution is 5.76. The molecule has 6 heteroatoms. The standard InChI is InChI=1S/C7H11N3O3/c1-7(13,6(11)12)3-5-4-10(2)9-8-5/h4,13H,3H2,1-2H3,(H,11,12). The fraction of sp³-hybridized carbons (Fsp3) is 0.571. The molecule has 0 saturated carbocycles. The summed E-state index contributed by atoms with van der Waals surface area (Å²) in [4.78, 5) is 10.5. The third-order valence-corrected chi connectivity index (χ3v) is 1.64. The average molecular weight is 185 g/mol. The minimum Gasteiger partial charge on any atom is -0.479 e. The van der Waals surface area contributed by atoms with Crippen LogP contribution in [0.25, 0.3) is 0 Å². The summed E-state index contributed by atoms with van der Waals surface area (Å²) < 4.78 is 1.45. The van der Waals surface area contributed by atoms with Gasteiger partial charge in [-0.2, -0.15) is 0 Å². The number of carboxylic acid groups (broad SMARTS) is 1. The van der Waals surface area contributed by atoms with E-state index in [0.29, 0.717) is 5.69 Å². The number of nitrogens with zero attached hydrogens (tertiary/aromatic N) is 3. The summed E-state index contributed by atoms with van der Waals surface area (Å²) in [7, 11) is 1.67. The van der Waals surface area contributed by atoms with Gasteiger partial charge in [0, 0.05) is 19.7 Å². The highest BCUT2D eigenvalue weighted by Crippen LogP contribution is 2.10. The lowest BCUT2D eigenvalue weighted by molar-refractivity contribution is -0.156. The third-order valence-electron chi connectivity index (χ3n) is 1.64. The number of aliphatic hydroxyl groups is 1. The second kappa shape index (κ2) is 3.14. The molecule has 1 rings (SSSR count). The summed E-state index contributed by atoms with van der Waals surface area (Å²) >= 11 is 0. The first kappa shape index (κ1) is 9.66. The molecule has 0 amide bonds. The molecule has 0 radical (unpaired) electrons. The number of aryl methyl sites for hydroxylation is 1. The Hall–Kier alpha value is -1.43. The monoisotopic (exact) mass is 185 g/mol. The molecule has 0 aliphatic carbocycles. The Kier molecular flexibility index (Phi) is 2.33. The van der Waals surface area contributed by atoms with Gasteiger partial charge >= 0.3 is 5.97 Å². The molecule has 0 spiro atoms. The van der Waals surface area contributed by atoms with Crippen molar-refractivity contribution >= 4 is 5.97 Å². The van der Waals surface area contributed by atoms with Crippen LogP contribution in [0.15, 0.2) is 6.20 Å². The van der Waals surface area contributed by atoms with Crippen LogP contribution in [0, 0.1) is 0 Å². The first-order valence-electron chi connectivity index (χ1n) is 3.73. The van der Waals surface area contributed by atoms with Gasteiger partial charge < -0.3 is 10.2 Å². The van der Waals surface area contributed by atoms with Crippen LogP contribution in [0.2, 0.25) is 0 Å². The van der Waals surface area contributed by atoms with E-state index in [0.717, 1.165) is 0 Å². The van der Waals surface area contributed by atoms with Crippen molar-refractivity contribution in [3.8, 4) is 0 Å². The second-order valence-corrected chi connectivity index (χ2v) is 3.14. The lowest BCUT2D eigenvalue weighted by Crippen LogP contribution is -2.37. The van der Waals surface area contributed by atoms with Gasteiger partial charge in [0.25, 0.3) is 0 Å². The Balaban J connectivity index is 2.74. The van der Waals surface area contributed by atoms with Crippen molar-refractivity contribution in [2.45, 2.75) is 18.9 Å². The zero-order valence-corrected chi connectivity index (χ0v) is 7.43. The van der Waals surface area contributed by atoms with Crippen molar-refractivity contribution in [2.24, 2.45) is 7.05 Å². The molecule has 1 heterocycles. The lowest BCUT2D eigenvalue weighted by atomic mass is 10.0. The first-order chi connectivity index (χ1) is 5.92. The summed E-state index contributed by atoms with van der Waals surface area (Å²) in [6.07, 6.45) is 1.52. The molecule has 1 atom stereocenters. The van der Waals surface area contributed by atoms with Gasteiger partial charge in [0.1, 0.15) is 0 Å². The Morgan fingerprint density at radius 2 is 2.38 bits per heavy atom. The third kappa shape index (κ3) is 2.25. The highest BCUT2D eigenvalue weighted by Gasteiger charge is 2.31. The Labute approximate surface area is 74.8 Å². The van der Waals surface area contributed by atoms with E-state index in [1.165, 1.54) is 11.6 Å². The van der Waals surface area contributed by atoms with Crippen LogP contribution in [-0.4, -0.2) is 36.8 Å². The van der Waals surface area contributed by atoms with Crippen molar-refractivity contribution in [1.82, 2.24) is 15.0 Å². The van der Waals surface area contributed by atoms with Gasteiger partial charge in [-0.25, -0.2) is 4.79 Å². The topological polar surface area (TPSA) is 88.2 Å². The van der Waals surface area contributed by atoms with E-state index in [2.05, 4.69) is 10.3 Å². The van der Waals surface area contributed by atoms with Gasteiger partial charge in [0.05, 0.1) is 5.69 Å². The molecule has 0 aliphatic heterocycles. The molecule has 2 N–H and O–H groups in total. The molecule has 0 aliphatic rings. The molecule has 0 bridgehead atoms. The summed E-state index contributed by atoms with van der Waals surface area (Å²) in [5, 5.41) is 25.3. The number of rotatable bonds is 3. The summed E-state index contributed by atoms with van der Waals surface area (Å²) in [6.45, 7) is 1.23. The molecule has 1 aromatic heterocycles. The predicted molar refractivity (Wildman–Crippen MR) is 43.0 cm³/mol. The fourth-order valence-corrected chi connectivity index (χ4v) is 0.905. The lowest BCUT2D eigenvalue weighted by Gasteiger charge is -2.15. The minimum absolute atomic E-state index is 0.0455. The molecule has 72 valence electrons. The van der Waals surface area contributed by atoms with E-state index in [9.17, 15) is 9.90 Å². The Morgan fingerprint density at radius 1 is 1.77 bits per heavy atom. The van der Waals surface area contributed by atoms with Gasteiger partial charge in [0.15, 0.2) is 5.60 Å². The van der Waals surface area contributed by atoms with Gasteiger partial charge in [-0.05, 0) is 6.92 Å². The van der Waals surface area contributed by atoms with Crippen LogP contribution in [0.5, 0.6) is 0 Å². The van der Waals surface area contributed by atoms with Gasteiger partial charge in [-0.1, -0.05) is 5.21 Å². The molecular formula is C7H11N3O3. The van der Waals surface area contributed by atoms with Gasteiger partial charge in [-0.15, -0.1) is 5.10 Å². The van der Waals surface area contributed by atoms with Crippen LogP contribution < -0.4 is 0 Å². The average Bonchev–Trinajstić information content (AvgIpc) is 2.34. The fourth-order valence-electron chi connectivity index (χ4n) is 0.905. The zero-order valence-electron chi connectivity index (χ0n) is 7.43. The Morgan fingerprint density at radius 3 is 2.77 bits per heavy atom. The highest BCUT2D eigenvalue weighted by atomic mass is 16.4. The number of aromatic nitrogens is 3. The molecule has 1 aromatic rings. The molecule has 0 aromatic carbocycles. The number of aliphatic carboxylic acids is 1. The van der Waals surface area contributed by atoms with Gasteiger partial charge in [-0.3, -0.25) is 4.68 Å². The SMILES string of the molecule is Cn1cc(CC(C)(O)C(=O)O)nn1. The predicted octanol–water partition coefficient (Wildman–Crippen LogP) is -0.807. The smallest absolute Gasteiger partial charge is 0.335 e. The molecule has 0 saturated heterocycles. The van der Waals surface area contributed by atoms with Crippen molar-refractivity contribution in [1.29, 1.82) is 0 Å². The van der Waals surface area contributed by atoms with Crippen LogP contribution in [-0.2, 0) is 18.3 Å². The quantitative estimate of drug-likeness (QED) is 0.643. The maximum absolute atomic E-state index is 10.5. The van der Waals surface area contributed by atoms with E-state index in [1.54, 1.807) is 13.2 Å². The first-order valence-corrected chi connectivity index (χ1v) is 3.73. The van der Waals surface area contributed by atoms with Crippen LogP contribution in [0.1, 0.15) is 12.6 Å². The van der Waals surface area contributed by atoms with E-state index < -0.39 is 11.6 Å². The summed E-state index contributed by atoms with van der Waals surface area (Å²) in [5.41, 5.74) is -1.33. The van der Waals surface area contributed by atoms with Crippen LogP contribution in [0.3, 0.4) is 0 Å². The molecule has 0 fully saturated rings. The minimum atomic E-state index is -1.78. The van der Waals surface area contributed by atoms with E-state index in [4.69, 9.17) is 5.11 Å².